The van der Waals surface area contributed by atoms with Gasteiger partial charge < -0.3 is 10.6 Å². The molecule has 0 saturated carbocycles. The monoisotopic (exact) mass is 569 g/mol. The summed E-state index contributed by atoms with van der Waals surface area (Å²) in [6.07, 6.45) is 0. The lowest BCUT2D eigenvalue weighted by molar-refractivity contribution is -0.0328. The minimum absolute atomic E-state index is 0.0127. The number of H-pyrrole nitrogens is 1. The van der Waals surface area contributed by atoms with Crippen LogP contribution in [0.1, 0.15) is 53.9 Å². The Labute approximate surface area is 232 Å². The smallest absolute Gasteiger partial charge is 0.327 e. The largest absolute Gasteiger partial charge is 0.446 e. The Hall–Kier alpha value is -4.39. The van der Waals surface area contributed by atoms with E-state index < -0.39 is 23.5 Å². The maximum atomic E-state index is 13.0. The topological polar surface area (TPSA) is 125 Å². The second-order valence-corrected chi connectivity index (χ2v) is 10.9. The van der Waals surface area contributed by atoms with Crippen LogP contribution in [0.2, 0.25) is 0 Å². The van der Waals surface area contributed by atoms with E-state index in [2.05, 4.69) is 57.3 Å². The van der Waals surface area contributed by atoms with Gasteiger partial charge in [0.2, 0.25) is 0 Å². The molecule has 4 rings (SSSR count). The lowest BCUT2D eigenvalue weighted by Crippen LogP contribution is -2.33. The van der Waals surface area contributed by atoms with Crippen LogP contribution in [0.4, 0.5) is 29.6 Å². The van der Waals surface area contributed by atoms with Gasteiger partial charge >= 0.3 is 11.5 Å². The van der Waals surface area contributed by atoms with Crippen molar-refractivity contribution in [2.75, 3.05) is 10.6 Å². The predicted octanol–water partition coefficient (Wildman–Crippen LogP) is 6.27. The molecule has 0 spiro atoms. The van der Waals surface area contributed by atoms with E-state index in [0.717, 1.165) is 11.1 Å². The van der Waals surface area contributed by atoms with Gasteiger partial charge in [-0.3, -0.25) is 10.1 Å². The fraction of sp³-hybridized carbons (Fsp3) is 0.222. The summed E-state index contributed by atoms with van der Waals surface area (Å²) in [4.78, 5) is 25.5. The number of hydrogen-bond donors (Lipinski definition) is 4. The van der Waals surface area contributed by atoms with Gasteiger partial charge in [0.25, 0.3) is 11.9 Å². The SMILES string of the molecule is CC(C)(C)c1ccc(C(NC(=O)Nc2ccc(SC(F)(F)F)cc2)c2ccc(C(=O)Nc3nn[nH]n3)cc2)cc1. The predicted molar refractivity (Wildman–Crippen MR) is 146 cm³/mol. The summed E-state index contributed by atoms with van der Waals surface area (Å²) in [7, 11) is 0. The van der Waals surface area contributed by atoms with E-state index in [0.29, 0.717) is 16.8 Å². The number of anilines is 2. The number of carbonyl (C=O) groups is 2. The van der Waals surface area contributed by atoms with Crippen molar-refractivity contribution in [3.05, 3.63) is 95.1 Å². The molecule has 0 aliphatic rings. The molecule has 208 valence electrons. The number of rotatable bonds is 7. The van der Waals surface area contributed by atoms with Gasteiger partial charge in [-0.05, 0) is 75.5 Å². The molecule has 0 bridgehead atoms. The van der Waals surface area contributed by atoms with E-state index in [1.807, 2.05) is 24.3 Å². The number of benzene rings is 3. The Morgan fingerprint density at radius 1 is 0.850 bits per heavy atom. The summed E-state index contributed by atoms with van der Waals surface area (Å²) in [5.74, 6) is -0.397. The van der Waals surface area contributed by atoms with E-state index in [1.165, 1.54) is 24.3 Å². The summed E-state index contributed by atoms with van der Waals surface area (Å²) in [6, 6.07) is 18.7. The molecule has 13 heteroatoms. The average Bonchev–Trinajstić information content (AvgIpc) is 3.40. The summed E-state index contributed by atoms with van der Waals surface area (Å²) >= 11 is -0.228. The van der Waals surface area contributed by atoms with Crippen LogP contribution in [0.3, 0.4) is 0 Å². The molecule has 0 saturated heterocycles. The molecule has 0 aliphatic heterocycles. The quantitative estimate of drug-likeness (QED) is 0.194. The standard InChI is InChI=1S/C27H26F3N7O2S/c1-26(2,3)19-10-8-17(9-11-19)22(16-4-6-18(7-5-16)23(38)33-24-34-36-37-35-24)32-25(39)31-20-12-14-21(15-13-20)40-27(28,29)30/h4-15,22H,1-3H3,(H2,31,32,39)(H2,33,34,35,36,37,38). The number of carbonyl (C=O) groups excluding carboxylic acids is 2. The number of nitrogens with zero attached hydrogens (tertiary/aromatic N) is 3. The fourth-order valence-corrected chi connectivity index (χ4v) is 4.33. The Kier molecular flexibility index (Phi) is 8.43. The summed E-state index contributed by atoms with van der Waals surface area (Å²) in [5.41, 5.74) is -1.18. The lowest BCUT2D eigenvalue weighted by Gasteiger charge is -2.23. The minimum atomic E-state index is -4.40. The summed E-state index contributed by atoms with van der Waals surface area (Å²) < 4.78 is 37.8. The van der Waals surface area contributed by atoms with Crippen LogP contribution in [0.15, 0.2) is 77.7 Å². The number of urea groups is 1. The molecule has 1 atom stereocenters. The maximum absolute atomic E-state index is 13.0. The summed E-state index contributed by atoms with van der Waals surface area (Å²) in [6.45, 7) is 6.30. The van der Waals surface area contributed by atoms with E-state index in [-0.39, 0.29) is 28.0 Å². The molecular weight excluding hydrogens is 543 g/mol. The van der Waals surface area contributed by atoms with Crippen LogP contribution in [0.5, 0.6) is 0 Å². The zero-order valence-electron chi connectivity index (χ0n) is 21.7. The third-order valence-electron chi connectivity index (χ3n) is 5.81. The van der Waals surface area contributed by atoms with Crippen molar-refractivity contribution >= 4 is 35.3 Å². The molecule has 1 unspecified atom stereocenters. The number of hydrogen-bond acceptors (Lipinski definition) is 6. The molecule has 3 amide bonds. The fourth-order valence-electron chi connectivity index (χ4n) is 3.79. The number of aromatic nitrogens is 4. The first-order valence-electron chi connectivity index (χ1n) is 12.1. The van der Waals surface area contributed by atoms with E-state index in [4.69, 9.17) is 0 Å². The van der Waals surface area contributed by atoms with Gasteiger partial charge in [0.15, 0.2) is 0 Å². The number of thioether (sulfide) groups is 1. The van der Waals surface area contributed by atoms with E-state index >= 15 is 0 Å². The highest BCUT2D eigenvalue weighted by molar-refractivity contribution is 8.00. The van der Waals surface area contributed by atoms with Gasteiger partial charge in [-0.1, -0.05) is 62.3 Å². The molecule has 40 heavy (non-hydrogen) atoms. The first kappa shape index (κ1) is 28.6. The molecule has 4 N–H and O–H groups in total. The minimum Gasteiger partial charge on any atom is -0.327 e. The number of amides is 3. The van der Waals surface area contributed by atoms with E-state index in [9.17, 15) is 22.8 Å². The van der Waals surface area contributed by atoms with Gasteiger partial charge in [0, 0.05) is 16.1 Å². The normalized spacial score (nSPS) is 12.4. The number of tetrazole rings is 1. The molecular formula is C27H26F3N7O2S. The van der Waals surface area contributed by atoms with Crippen LogP contribution in [-0.2, 0) is 5.41 Å². The Bertz CT molecular complexity index is 1440. The second kappa shape index (κ2) is 11.8. The lowest BCUT2D eigenvalue weighted by atomic mass is 9.85. The van der Waals surface area contributed by atoms with Crippen molar-refractivity contribution < 1.29 is 22.8 Å². The number of halogens is 3. The van der Waals surface area contributed by atoms with Gasteiger partial charge in [-0.15, -0.1) is 5.10 Å². The zero-order valence-corrected chi connectivity index (χ0v) is 22.5. The third-order valence-corrected chi connectivity index (χ3v) is 6.55. The summed E-state index contributed by atoms with van der Waals surface area (Å²) in [5, 5.41) is 21.1. The van der Waals surface area contributed by atoms with Crippen molar-refractivity contribution in [1.82, 2.24) is 25.9 Å². The Morgan fingerprint density at radius 2 is 1.45 bits per heavy atom. The van der Waals surface area contributed by atoms with Crippen LogP contribution >= 0.6 is 11.8 Å². The molecule has 3 aromatic carbocycles. The average molecular weight is 570 g/mol. The molecule has 0 fully saturated rings. The van der Waals surface area contributed by atoms with E-state index in [1.54, 1.807) is 24.3 Å². The number of nitrogens with one attached hydrogen (secondary N) is 4. The first-order valence-corrected chi connectivity index (χ1v) is 12.9. The maximum Gasteiger partial charge on any atom is 0.446 e. The molecule has 0 aliphatic carbocycles. The molecule has 4 aromatic rings. The van der Waals surface area contributed by atoms with Gasteiger partial charge in [0.05, 0.1) is 6.04 Å². The highest BCUT2D eigenvalue weighted by Gasteiger charge is 2.29. The Balaban J connectivity index is 1.53. The van der Waals surface area contributed by atoms with Crippen molar-refractivity contribution in [1.29, 1.82) is 0 Å². The van der Waals surface area contributed by atoms with Crippen molar-refractivity contribution in [3.63, 3.8) is 0 Å². The molecule has 9 nitrogen and oxygen atoms in total. The highest BCUT2D eigenvalue weighted by Crippen LogP contribution is 2.37. The van der Waals surface area contributed by atoms with Crippen LogP contribution in [-0.4, -0.2) is 38.1 Å². The van der Waals surface area contributed by atoms with Crippen molar-refractivity contribution in [2.24, 2.45) is 0 Å². The van der Waals surface area contributed by atoms with Crippen LogP contribution in [0, 0.1) is 0 Å². The zero-order chi connectivity index (χ0) is 28.9. The third kappa shape index (κ3) is 7.82. The molecule has 0 radical (unpaired) electrons. The van der Waals surface area contributed by atoms with Gasteiger partial charge in [-0.25, -0.2) is 4.79 Å². The van der Waals surface area contributed by atoms with Crippen LogP contribution < -0.4 is 16.0 Å². The van der Waals surface area contributed by atoms with Gasteiger partial charge in [-0.2, -0.15) is 18.4 Å². The Morgan fingerprint density at radius 3 is 1.98 bits per heavy atom. The number of aromatic amines is 1. The highest BCUT2D eigenvalue weighted by atomic mass is 32.2. The van der Waals surface area contributed by atoms with Crippen molar-refractivity contribution in [3.8, 4) is 0 Å². The second-order valence-electron chi connectivity index (χ2n) is 9.79. The van der Waals surface area contributed by atoms with Gasteiger partial charge in [0.1, 0.15) is 0 Å². The van der Waals surface area contributed by atoms with Crippen molar-refractivity contribution in [2.45, 2.75) is 42.6 Å². The molecule has 1 aromatic heterocycles. The molecule has 1 heterocycles. The van der Waals surface area contributed by atoms with Crippen LogP contribution in [0.25, 0.3) is 0 Å². The first-order chi connectivity index (χ1) is 18.9. The number of alkyl halides is 3.